The van der Waals surface area contributed by atoms with Gasteiger partial charge in [-0.1, -0.05) is 41.4 Å². The predicted octanol–water partition coefficient (Wildman–Crippen LogP) is 4.17. The third-order valence-corrected chi connectivity index (χ3v) is 3.82. The summed E-state index contributed by atoms with van der Waals surface area (Å²) in [7, 11) is 0. The lowest BCUT2D eigenvalue weighted by Gasteiger charge is -2.09. The standard InChI is InChI=1S/C16H15Cl2NO2/c17-14-8-2-7-13(15(14)18)16(21)19-12-6-1-4-11(10-12)5-3-9-20/h1-2,4,6-8,10,20H,3,5,9H2,(H,19,21). The summed E-state index contributed by atoms with van der Waals surface area (Å²) < 4.78 is 0. The first-order chi connectivity index (χ1) is 10.1. The second kappa shape index (κ2) is 7.46. The van der Waals surface area contributed by atoms with Crippen molar-refractivity contribution in [3.05, 3.63) is 63.6 Å². The Morgan fingerprint density at radius 2 is 1.90 bits per heavy atom. The maximum atomic E-state index is 12.2. The third kappa shape index (κ3) is 4.21. The molecule has 5 heteroatoms. The Bertz CT molecular complexity index is 644. The molecule has 2 aromatic rings. The fourth-order valence-electron chi connectivity index (χ4n) is 1.97. The topological polar surface area (TPSA) is 49.3 Å². The van der Waals surface area contributed by atoms with Gasteiger partial charge in [0.1, 0.15) is 0 Å². The van der Waals surface area contributed by atoms with E-state index in [0.29, 0.717) is 22.7 Å². The van der Waals surface area contributed by atoms with Crippen molar-refractivity contribution < 1.29 is 9.90 Å². The Labute approximate surface area is 133 Å². The van der Waals surface area contributed by atoms with E-state index < -0.39 is 0 Å². The van der Waals surface area contributed by atoms with E-state index >= 15 is 0 Å². The molecule has 3 nitrogen and oxygen atoms in total. The number of hydrogen-bond acceptors (Lipinski definition) is 2. The van der Waals surface area contributed by atoms with Gasteiger partial charge in [0.05, 0.1) is 15.6 Å². The van der Waals surface area contributed by atoms with Crippen LogP contribution in [0.4, 0.5) is 5.69 Å². The fraction of sp³-hybridized carbons (Fsp3) is 0.188. The molecule has 0 aliphatic heterocycles. The molecule has 0 fully saturated rings. The maximum Gasteiger partial charge on any atom is 0.257 e. The van der Waals surface area contributed by atoms with Crippen molar-refractivity contribution in [2.75, 3.05) is 11.9 Å². The van der Waals surface area contributed by atoms with Crippen molar-refractivity contribution in [3.8, 4) is 0 Å². The molecule has 0 aliphatic carbocycles. The molecule has 0 unspecified atom stereocenters. The van der Waals surface area contributed by atoms with Crippen LogP contribution < -0.4 is 5.32 Å². The molecule has 21 heavy (non-hydrogen) atoms. The second-order valence-electron chi connectivity index (χ2n) is 4.58. The highest BCUT2D eigenvalue weighted by Crippen LogP contribution is 2.26. The number of nitrogens with one attached hydrogen (secondary N) is 1. The minimum Gasteiger partial charge on any atom is -0.396 e. The Balaban J connectivity index is 2.14. The molecule has 2 N–H and O–H groups in total. The van der Waals surface area contributed by atoms with Crippen molar-refractivity contribution in [2.45, 2.75) is 12.8 Å². The van der Waals surface area contributed by atoms with Gasteiger partial charge in [-0.15, -0.1) is 0 Å². The van der Waals surface area contributed by atoms with Crippen LogP contribution in [0.25, 0.3) is 0 Å². The lowest BCUT2D eigenvalue weighted by atomic mass is 10.1. The van der Waals surface area contributed by atoms with Gasteiger partial charge in [-0.2, -0.15) is 0 Å². The summed E-state index contributed by atoms with van der Waals surface area (Å²) in [6, 6.07) is 12.4. The van der Waals surface area contributed by atoms with E-state index in [9.17, 15) is 4.79 Å². The quantitative estimate of drug-likeness (QED) is 0.867. The number of anilines is 1. The smallest absolute Gasteiger partial charge is 0.257 e. The van der Waals surface area contributed by atoms with Crippen LogP contribution in [-0.2, 0) is 6.42 Å². The van der Waals surface area contributed by atoms with Gasteiger partial charge in [0.15, 0.2) is 0 Å². The highest BCUT2D eigenvalue weighted by Gasteiger charge is 2.12. The maximum absolute atomic E-state index is 12.2. The molecule has 0 bridgehead atoms. The average molecular weight is 324 g/mol. The summed E-state index contributed by atoms with van der Waals surface area (Å²) in [5.41, 5.74) is 2.08. The van der Waals surface area contributed by atoms with Crippen molar-refractivity contribution in [1.82, 2.24) is 0 Å². The summed E-state index contributed by atoms with van der Waals surface area (Å²) in [6.45, 7) is 0.148. The molecule has 0 spiro atoms. The summed E-state index contributed by atoms with van der Waals surface area (Å²) >= 11 is 11.9. The van der Waals surface area contributed by atoms with Crippen LogP contribution in [0.5, 0.6) is 0 Å². The van der Waals surface area contributed by atoms with Crippen LogP contribution in [0, 0.1) is 0 Å². The minimum atomic E-state index is -0.304. The van der Waals surface area contributed by atoms with Gasteiger partial charge in [-0.3, -0.25) is 4.79 Å². The molecule has 110 valence electrons. The molecule has 2 aromatic carbocycles. The summed E-state index contributed by atoms with van der Waals surface area (Å²) in [5.74, 6) is -0.304. The summed E-state index contributed by atoms with van der Waals surface area (Å²) in [4.78, 5) is 12.2. The fourth-order valence-corrected chi connectivity index (χ4v) is 2.35. The molecule has 0 atom stereocenters. The van der Waals surface area contributed by atoms with E-state index in [0.717, 1.165) is 12.0 Å². The number of amides is 1. The SMILES string of the molecule is O=C(Nc1cccc(CCCO)c1)c1cccc(Cl)c1Cl. The molecule has 2 rings (SSSR count). The minimum absolute atomic E-state index is 0.148. The zero-order chi connectivity index (χ0) is 15.2. The normalized spacial score (nSPS) is 10.4. The largest absolute Gasteiger partial charge is 0.396 e. The van der Waals surface area contributed by atoms with Gasteiger partial charge < -0.3 is 10.4 Å². The number of aliphatic hydroxyl groups is 1. The molecule has 0 aromatic heterocycles. The van der Waals surface area contributed by atoms with Gasteiger partial charge in [0, 0.05) is 12.3 Å². The lowest BCUT2D eigenvalue weighted by Crippen LogP contribution is -2.12. The average Bonchev–Trinajstić information content (AvgIpc) is 2.48. The van der Waals surface area contributed by atoms with Gasteiger partial charge in [-0.25, -0.2) is 0 Å². The third-order valence-electron chi connectivity index (χ3n) is 3.00. The first-order valence-electron chi connectivity index (χ1n) is 6.57. The van der Waals surface area contributed by atoms with Crippen molar-refractivity contribution >= 4 is 34.8 Å². The predicted molar refractivity (Wildman–Crippen MR) is 86.3 cm³/mol. The number of aliphatic hydroxyl groups excluding tert-OH is 1. The molecule has 0 aliphatic rings. The van der Waals surface area contributed by atoms with Gasteiger partial charge in [0.25, 0.3) is 5.91 Å². The first kappa shape index (κ1) is 15.8. The van der Waals surface area contributed by atoms with Crippen LogP contribution in [0.15, 0.2) is 42.5 Å². The molecular formula is C16H15Cl2NO2. The van der Waals surface area contributed by atoms with Crippen LogP contribution in [0.2, 0.25) is 10.0 Å². The second-order valence-corrected chi connectivity index (χ2v) is 5.37. The highest BCUT2D eigenvalue weighted by atomic mass is 35.5. The van der Waals surface area contributed by atoms with Crippen molar-refractivity contribution in [2.24, 2.45) is 0 Å². The van der Waals surface area contributed by atoms with Crippen LogP contribution in [0.1, 0.15) is 22.3 Å². The van der Waals surface area contributed by atoms with E-state index in [2.05, 4.69) is 5.32 Å². The first-order valence-corrected chi connectivity index (χ1v) is 7.32. The zero-order valence-electron chi connectivity index (χ0n) is 11.3. The molecule has 0 saturated heterocycles. The van der Waals surface area contributed by atoms with Gasteiger partial charge >= 0.3 is 0 Å². The van der Waals surface area contributed by atoms with E-state index in [1.54, 1.807) is 24.3 Å². The highest BCUT2D eigenvalue weighted by molar-refractivity contribution is 6.44. The van der Waals surface area contributed by atoms with Gasteiger partial charge in [0.2, 0.25) is 0 Å². The Kier molecular flexibility index (Phi) is 5.62. The summed E-state index contributed by atoms with van der Waals surface area (Å²) in [6.07, 6.45) is 1.45. The number of halogens is 2. The zero-order valence-corrected chi connectivity index (χ0v) is 12.8. The molecule has 1 amide bonds. The number of benzene rings is 2. The van der Waals surface area contributed by atoms with Crippen LogP contribution >= 0.6 is 23.2 Å². The Morgan fingerprint density at radius 3 is 2.67 bits per heavy atom. The van der Waals surface area contributed by atoms with E-state index in [-0.39, 0.29) is 17.5 Å². The number of hydrogen-bond donors (Lipinski definition) is 2. The Morgan fingerprint density at radius 1 is 1.14 bits per heavy atom. The van der Waals surface area contributed by atoms with Crippen LogP contribution in [-0.4, -0.2) is 17.6 Å². The molecule has 0 saturated carbocycles. The summed E-state index contributed by atoms with van der Waals surface area (Å²) in [5, 5.41) is 12.2. The monoisotopic (exact) mass is 323 g/mol. The van der Waals surface area contributed by atoms with Crippen molar-refractivity contribution in [3.63, 3.8) is 0 Å². The number of aryl methyl sites for hydroxylation is 1. The van der Waals surface area contributed by atoms with E-state index in [1.807, 2.05) is 18.2 Å². The van der Waals surface area contributed by atoms with E-state index in [1.165, 1.54) is 0 Å². The molecular weight excluding hydrogens is 309 g/mol. The van der Waals surface area contributed by atoms with Gasteiger partial charge in [-0.05, 0) is 42.7 Å². The molecule has 0 heterocycles. The molecule has 0 radical (unpaired) electrons. The van der Waals surface area contributed by atoms with Crippen molar-refractivity contribution in [1.29, 1.82) is 0 Å². The number of carbonyl (C=O) groups excluding carboxylic acids is 1. The Hall–Kier alpha value is -1.55. The number of rotatable bonds is 5. The van der Waals surface area contributed by atoms with Crippen LogP contribution in [0.3, 0.4) is 0 Å². The number of carbonyl (C=O) groups is 1. The van der Waals surface area contributed by atoms with E-state index in [4.69, 9.17) is 28.3 Å². The lowest BCUT2D eigenvalue weighted by molar-refractivity contribution is 0.102.